The van der Waals surface area contributed by atoms with Gasteiger partial charge in [0.15, 0.2) is 11.6 Å². The average Bonchev–Trinajstić information content (AvgIpc) is 2.42. The molecule has 0 aliphatic rings. The first-order valence-electron chi connectivity index (χ1n) is 6.26. The van der Waals surface area contributed by atoms with Crippen molar-refractivity contribution in [3.05, 3.63) is 59.0 Å². The molecule has 0 aliphatic heterocycles. The molecule has 0 spiro atoms. The SMILES string of the molecule is CC(CCNc1ncc(Cl)cc1F)c1ccccc1. The summed E-state index contributed by atoms with van der Waals surface area (Å²) in [5, 5.41) is 3.30. The molecule has 0 amide bonds. The van der Waals surface area contributed by atoms with E-state index >= 15 is 0 Å². The summed E-state index contributed by atoms with van der Waals surface area (Å²) in [5.74, 6) is 0.258. The lowest BCUT2D eigenvalue weighted by Crippen LogP contribution is -2.08. The minimum Gasteiger partial charge on any atom is -0.368 e. The van der Waals surface area contributed by atoms with E-state index < -0.39 is 5.82 Å². The zero-order valence-corrected chi connectivity index (χ0v) is 11.5. The normalized spacial score (nSPS) is 12.2. The summed E-state index contributed by atoms with van der Waals surface area (Å²) in [7, 11) is 0. The molecule has 0 radical (unpaired) electrons. The Morgan fingerprint density at radius 1 is 1.32 bits per heavy atom. The molecule has 19 heavy (non-hydrogen) atoms. The number of hydrogen-bond acceptors (Lipinski definition) is 2. The van der Waals surface area contributed by atoms with Gasteiger partial charge in [0.05, 0.1) is 5.02 Å². The second-order valence-corrected chi connectivity index (χ2v) is 4.95. The lowest BCUT2D eigenvalue weighted by Gasteiger charge is -2.13. The number of rotatable bonds is 5. The highest BCUT2D eigenvalue weighted by Gasteiger charge is 2.07. The Kier molecular flexibility index (Phi) is 4.74. The molecule has 2 nitrogen and oxygen atoms in total. The molecule has 1 N–H and O–H groups in total. The van der Waals surface area contributed by atoms with Gasteiger partial charge in [0.1, 0.15) is 0 Å². The highest BCUT2D eigenvalue weighted by Crippen LogP contribution is 2.19. The maximum Gasteiger partial charge on any atom is 0.166 e. The van der Waals surface area contributed by atoms with E-state index in [2.05, 4.69) is 29.4 Å². The third kappa shape index (κ3) is 3.93. The van der Waals surface area contributed by atoms with Crippen LogP contribution >= 0.6 is 11.6 Å². The zero-order chi connectivity index (χ0) is 13.7. The van der Waals surface area contributed by atoms with Gasteiger partial charge in [0.2, 0.25) is 0 Å². The molecule has 1 aromatic heterocycles. The van der Waals surface area contributed by atoms with E-state index in [9.17, 15) is 4.39 Å². The Bertz CT molecular complexity index is 531. The smallest absolute Gasteiger partial charge is 0.166 e. The molecule has 1 unspecified atom stereocenters. The third-order valence-electron chi connectivity index (χ3n) is 3.05. The van der Waals surface area contributed by atoms with Crippen molar-refractivity contribution in [1.82, 2.24) is 4.98 Å². The van der Waals surface area contributed by atoms with Crippen LogP contribution < -0.4 is 5.32 Å². The summed E-state index contributed by atoms with van der Waals surface area (Å²) < 4.78 is 13.5. The molecule has 0 aliphatic carbocycles. The number of anilines is 1. The maximum absolute atomic E-state index is 13.5. The highest BCUT2D eigenvalue weighted by molar-refractivity contribution is 6.30. The number of nitrogens with zero attached hydrogens (tertiary/aromatic N) is 1. The minimum absolute atomic E-state index is 0.254. The number of aromatic nitrogens is 1. The fourth-order valence-corrected chi connectivity index (χ4v) is 2.04. The number of halogens is 2. The zero-order valence-electron chi connectivity index (χ0n) is 10.7. The number of nitrogens with one attached hydrogen (secondary N) is 1. The van der Waals surface area contributed by atoms with Crippen molar-refractivity contribution in [1.29, 1.82) is 0 Å². The first-order chi connectivity index (χ1) is 9.16. The molecule has 0 fully saturated rings. The number of hydrogen-bond donors (Lipinski definition) is 1. The minimum atomic E-state index is -0.417. The van der Waals surface area contributed by atoms with Crippen molar-refractivity contribution < 1.29 is 4.39 Å². The molecule has 0 bridgehead atoms. The van der Waals surface area contributed by atoms with Crippen LogP contribution in [0.5, 0.6) is 0 Å². The molecule has 4 heteroatoms. The second kappa shape index (κ2) is 6.53. The van der Waals surface area contributed by atoms with E-state index in [-0.39, 0.29) is 5.82 Å². The molecular formula is C15H16ClFN2. The topological polar surface area (TPSA) is 24.9 Å². The van der Waals surface area contributed by atoms with Crippen LogP contribution in [0, 0.1) is 5.82 Å². The Labute approximate surface area is 117 Å². The number of pyridine rings is 1. The first kappa shape index (κ1) is 13.8. The molecule has 0 saturated heterocycles. The largest absolute Gasteiger partial charge is 0.368 e. The van der Waals surface area contributed by atoms with Crippen molar-refractivity contribution in [2.75, 3.05) is 11.9 Å². The van der Waals surface area contributed by atoms with E-state index in [1.807, 2.05) is 18.2 Å². The van der Waals surface area contributed by atoms with Crippen LogP contribution in [0.15, 0.2) is 42.6 Å². The van der Waals surface area contributed by atoms with E-state index in [0.29, 0.717) is 17.5 Å². The summed E-state index contributed by atoms with van der Waals surface area (Å²) in [6, 6.07) is 11.5. The van der Waals surface area contributed by atoms with Gasteiger partial charge in [-0.25, -0.2) is 9.37 Å². The Morgan fingerprint density at radius 3 is 2.74 bits per heavy atom. The van der Waals surface area contributed by atoms with Crippen molar-refractivity contribution in [3.63, 3.8) is 0 Å². The van der Waals surface area contributed by atoms with Crippen molar-refractivity contribution in [3.8, 4) is 0 Å². The Balaban J connectivity index is 1.86. The van der Waals surface area contributed by atoms with Gasteiger partial charge in [-0.15, -0.1) is 0 Å². The Morgan fingerprint density at radius 2 is 2.05 bits per heavy atom. The summed E-state index contributed by atoms with van der Waals surface area (Å²) in [6.07, 6.45) is 2.35. The monoisotopic (exact) mass is 278 g/mol. The third-order valence-corrected chi connectivity index (χ3v) is 3.25. The summed E-state index contributed by atoms with van der Waals surface area (Å²) >= 11 is 5.65. The van der Waals surface area contributed by atoms with Gasteiger partial charge in [-0.05, 0) is 24.0 Å². The van der Waals surface area contributed by atoms with Gasteiger partial charge in [0.25, 0.3) is 0 Å². The van der Waals surface area contributed by atoms with Crippen LogP contribution in [0.1, 0.15) is 24.8 Å². The molecule has 2 rings (SSSR count). The van der Waals surface area contributed by atoms with Crippen LogP contribution in [-0.4, -0.2) is 11.5 Å². The standard InChI is InChI=1S/C15H16ClFN2/c1-11(12-5-3-2-4-6-12)7-8-18-15-14(17)9-13(16)10-19-15/h2-6,9-11H,7-8H2,1H3,(H,18,19). The first-order valence-corrected chi connectivity index (χ1v) is 6.64. The molecular weight excluding hydrogens is 263 g/mol. The second-order valence-electron chi connectivity index (χ2n) is 4.51. The average molecular weight is 279 g/mol. The summed E-state index contributed by atoms with van der Waals surface area (Å²) in [4.78, 5) is 3.93. The van der Waals surface area contributed by atoms with Gasteiger partial charge >= 0.3 is 0 Å². The lowest BCUT2D eigenvalue weighted by atomic mass is 9.98. The Hall–Kier alpha value is -1.61. The number of benzene rings is 1. The van der Waals surface area contributed by atoms with Gasteiger partial charge in [-0.3, -0.25) is 0 Å². The van der Waals surface area contributed by atoms with Crippen LogP contribution in [-0.2, 0) is 0 Å². The molecule has 1 heterocycles. The molecule has 1 atom stereocenters. The predicted molar refractivity (Wildman–Crippen MR) is 77.2 cm³/mol. The van der Waals surface area contributed by atoms with E-state index in [4.69, 9.17) is 11.6 Å². The molecule has 0 saturated carbocycles. The van der Waals surface area contributed by atoms with E-state index in [1.165, 1.54) is 17.8 Å². The maximum atomic E-state index is 13.5. The summed E-state index contributed by atoms with van der Waals surface area (Å²) in [6.45, 7) is 2.82. The highest BCUT2D eigenvalue weighted by atomic mass is 35.5. The van der Waals surface area contributed by atoms with Crippen molar-refractivity contribution in [2.45, 2.75) is 19.3 Å². The van der Waals surface area contributed by atoms with Gasteiger partial charge < -0.3 is 5.32 Å². The van der Waals surface area contributed by atoms with Crippen LogP contribution in [0.4, 0.5) is 10.2 Å². The molecule has 2 aromatic rings. The summed E-state index contributed by atoms with van der Waals surface area (Å²) in [5.41, 5.74) is 1.29. The van der Waals surface area contributed by atoms with E-state index in [1.54, 1.807) is 0 Å². The fourth-order valence-electron chi connectivity index (χ4n) is 1.90. The van der Waals surface area contributed by atoms with E-state index in [0.717, 1.165) is 6.42 Å². The van der Waals surface area contributed by atoms with Gasteiger partial charge in [0, 0.05) is 12.7 Å². The fraction of sp³-hybridized carbons (Fsp3) is 0.267. The van der Waals surface area contributed by atoms with Crippen LogP contribution in [0.3, 0.4) is 0 Å². The van der Waals surface area contributed by atoms with Crippen LogP contribution in [0.2, 0.25) is 5.02 Å². The van der Waals surface area contributed by atoms with Crippen molar-refractivity contribution >= 4 is 17.4 Å². The van der Waals surface area contributed by atoms with Crippen LogP contribution in [0.25, 0.3) is 0 Å². The quantitative estimate of drug-likeness (QED) is 0.872. The van der Waals surface area contributed by atoms with Crippen molar-refractivity contribution in [2.24, 2.45) is 0 Å². The molecule has 1 aromatic carbocycles. The predicted octanol–water partition coefficient (Wildman–Crippen LogP) is 4.48. The van der Waals surface area contributed by atoms with Gasteiger partial charge in [-0.2, -0.15) is 0 Å². The van der Waals surface area contributed by atoms with Gasteiger partial charge in [-0.1, -0.05) is 48.9 Å². The lowest BCUT2D eigenvalue weighted by molar-refractivity contribution is 0.621. The molecule has 100 valence electrons.